The smallest absolute Gasteiger partial charge is 0.232 e. The first-order chi connectivity index (χ1) is 10.3. The highest BCUT2D eigenvalue weighted by Crippen LogP contribution is 2.21. The van der Waals surface area contributed by atoms with Crippen LogP contribution in [0.1, 0.15) is 26.2 Å². The molecule has 6 heteroatoms. The van der Waals surface area contributed by atoms with Crippen LogP contribution in [-0.4, -0.2) is 27.0 Å². The first-order valence-electron chi connectivity index (χ1n) is 7.06. The molecule has 4 nitrogen and oxygen atoms in total. The Morgan fingerprint density at radius 3 is 2.48 bits per heavy atom. The number of nitrogens with zero attached hydrogens (tertiary/aromatic N) is 3. The fraction of sp³-hybridized carbons (Fsp3) is 0.400. The van der Waals surface area contributed by atoms with Gasteiger partial charge in [0.25, 0.3) is 0 Å². The zero-order valence-corrected chi connectivity index (χ0v) is 14.0. The van der Waals surface area contributed by atoms with Gasteiger partial charge in [-0.1, -0.05) is 61.5 Å². The van der Waals surface area contributed by atoms with Gasteiger partial charge in [0.15, 0.2) is 10.3 Å². The van der Waals surface area contributed by atoms with Gasteiger partial charge in [0, 0.05) is 11.4 Å². The summed E-state index contributed by atoms with van der Waals surface area (Å²) in [5, 5.41) is 4.78. The molecule has 0 bridgehead atoms. The lowest BCUT2D eigenvalue weighted by Gasteiger charge is -2.07. The largest absolute Gasteiger partial charge is 0.324 e. The van der Waals surface area contributed by atoms with E-state index >= 15 is 0 Å². The number of rotatable bonds is 8. The van der Waals surface area contributed by atoms with Crippen LogP contribution in [0, 0.1) is 0 Å². The Bertz CT molecular complexity index is 549. The lowest BCUT2D eigenvalue weighted by Crippen LogP contribution is -2.02. The van der Waals surface area contributed by atoms with E-state index in [9.17, 15) is 0 Å². The maximum absolute atomic E-state index is 4.49. The maximum atomic E-state index is 4.49. The summed E-state index contributed by atoms with van der Waals surface area (Å²) in [6.07, 6.45) is 5.66. The van der Waals surface area contributed by atoms with E-state index in [-0.39, 0.29) is 0 Å². The van der Waals surface area contributed by atoms with Gasteiger partial charge in [0.1, 0.15) is 0 Å². The third kappa shape index (κ3) is 5.55. The molecule has 21 heavy (non-hydrogen) atoms. The number of hydrogen-bond donors (Lipinski definition) is 1. The SMILES string of the molecule is CCCCCSc1nc(Nc2ccccc2)nc(SC)n1. The number of nitrogens with one attached hydrogen (secondary N) is 1. The van der Waals surface area contributed by atoms with E-state index in [1.165, 1.54) is 31.0 Å². The fourth-order valence-corrected chi connectivity index (χ4v) is 2.96. The van der Waals surface area contributed by atoms with Gasteiger partial charge in [-0.3, -0.25) is 0 Å². The Balaban J connectivity index is 2.06. The van der Waals surface area contributed by atoms with Crippen molar-refractivity contribution in [2.24, 2.45) is 0 Å². The summed E-state index contributed by atoms with van der Waals surface area (Å²) < 4.78 is 0. The Labute approximate surface area is 134 Å². The Kier molecular flexibility index (Phi) is 6.82. The van der Waals surface area contributed by atoms with Gasteiger partial charge in [0.2, 0.25) is 5.95 Å². The highest BCUT2D eigenvalue weighted by Gasteiger charge is 2.06. The van der Waals surface area contributed by atoms with Gasteiger partial charge in [-0.05, 0) is 24.8 Å². The second kappa shape index (κ2) is 8.89. The predicted molar refractivity (Wildman–Crippen MR) is 91.6 cm³/mol. The summed E-state index contributed by atoms with van der Waals surface area (Å²) in [7, 11) is 0. The molecule has 1 heterocycles. The van der Waals surface area contributed by atoms with Crippen molar-refractivity contribution in [3.63, 3.8) is 0 Å². The molecular formula is C15H20N4S2. The van der Waals surface area contributed by atoms with Crippen LogP contribution in [0.25, 0.3) is 0 Å². The van der Waals surface area contributed by atoms with Crippen LogP contribution in [0.4, 0.5) is 11.6 Å². The molecule has 1 aromatic heterocycles. The van der Waals surface area contributed by atoms with Crippen molar-refractivity contribution < 1.29 is 0 Å². The molecule has 0 saturated heterocycles. The van der Waals surface area contributed by atoms with Crippen LogP contribution >= 0.6 is 23.5 Å². The van der Waals surface area contributed by atoms with Crippen molar-refractivity contribution in [2.75, 3.05) is 17.3 Å². The zero-order chi connectivity index (χ0) is 14.9. The van der Waals surface area contributed by atoms with Gasteiger partial charge < -0.3 is 5.32 Å². The van der Waals surface area contributed by atoms with Gasteiger partial charge in [0.05, 0.1) is 0 Å². The van der Waals surface area contributed by atoms with Crippen LogP contribution in [-0.2, 0) is 0 Å². The van der Waals surface area contributed by atoms with E-state index in [0.29, 0.717) is 5.95 Å². The van der Waals surface area contributed by atoms with Crippen molar-refractivity contribution >= 4 is 35.2 Å². The highest BCUT2D eigenvalue weighted by atomic mass is 32.2. The minimum absolute atomic E-state index is 0.610. The Hall–Kier alpha value is -1.27. The molecular weight excluding hydrogens is 300 g/mol. The van der Waals surface area contributed by atoms with Crippen molar-refractivity contribution in [2.45, 2.75) is 36.5 Å². The average Bonchev–Trinajstić information content (AvgIpc) is 2.52. The summed E-state index contributed by atoms with van der Waals surface area (Å²) in [5.74, 6) is 1.66. The molecule has 0 radical (unpaired) electrons. The summed E-state index contributed by atoms with van der Waals surface area (Å²) in [5.41, 5.74) is 0.984. The number of unbranched alkanes of at least 4 members (excludes halogenated alkanes) is 2. The standard InChI is InChI=1S/C15H20N4S2/c1-3-4-8-11-21-15-18-13(17-14(19-15)20-2)16-12-9-6-5-7-10-12/h5-7,9-10H,3-4,8,11H2,1-2H3,(H,16,17,18,19). The van der Waals surface area contributed by atoms with Crippen molar-refractivity contribution in [1.82, 2.24) is 15.0 Å². The molecule has 0 atom stereocenters. The number of hydrogen-bond acceptors (Lipinski definition) is 6. The molecule has 2 rings (SSSR count). The molecule has 2 aromatic rings. The molecule has 112 valence electrons. The van der Waals surface area contributed by atoms with Crippen LogP contribution < -0.4 is 5.32 Å². The molecule has 0 saturated carbocycles. The van der Waals surface area contributed by atoms with Crippen LogP contribution in [0.5, 0.6) is 0 Å². The molecule has 0 unspecified atom stereocenters. The fourth-order valence-electron chi connectivity index (χ4n) is 1.72. The Morgan fingerprint density at radius 1 is 1.00 bits per heavy atom. The van der Waals surface area contributed by atoms with E-state index in [4.69, 9.17) is 0 Å². The lowest BCUT2D eigenvalue weighted by molar-refractivity contribution is 0.772. The first-order valence-corrected chi connectivity index (χ1v) is 9.27. The summed E-state index contributed by atoms with van der Waals surface area (Å²) in [6, 6.07) is 9.95. The summed E-state index contributed by atoms with van der Waals surface area (Å²) in [4.78, 5) is 13.4. The van der Waals surface area contributed by atoms with E-state index in [2.05, 4.69) is 27.2 Å². The second-order valence-electron chi connectivity index (χ2n) is 4.47. The van der Waals surface area contributed by atoms with Gasteiger partial charge in [-0.25, -0.2) is 0 Å². The normalized spacial score (nSPS) is 10.6. The zero-order valence-electron chi connectivity index (χ0n) is 12.4. The molecule has 0 aliphatic rings. The van der Waals surface area contributed by atoms with E-state index in [1.807, 2.05) is 36.6 Å². The lowest BCUT2D eigenvalue weighted by atomic mass is 10.3. The number of aromatic nitrogens is 3. The third-order valence-electron chi connectivity index (χ3n) is 2.79. The minimum atomic E-state index is 0.610. The van der Waals surface area contributed by atoms with E-state index in [0.717, 1.165) is 21.8 Å². The molecule has 1 N–H and O–H groups in total. The highest BCUT2D eigenvalue weighted by molar-refractivity contribution is 7.99. The molecule has 0 fully saturated rings. The van der Waals surface area contributed by atoms with Crippen LogP contribution in [0.2, 0.25) is 0 Å². The van der Waals surface area contributed by atoms with Gasteiger partial charge in [-0.2, -0.15) is 15.0 Å². The van der Waals surface area contributed by atoms with Crippen LogP contribution in [0.3, 0.4) is 0 Å². The molecule has 0 aliphatic heterocycles. The van der Waals surface area contributed by atoms with Crippen molar-refractivity contribution in [3.05, 3.63) is 30.3 Å². The third-order valence-corrected chi connectivity index (χ3v) is 4.27. The molecule has 0 spiro atoms. The molecule has 0 amide bonds. The first kappa shape index (κ1) is 16.1. The van der Waals surface area contributed by atoms with E-state index < -0.39 is 0 Å². The minimum Gasteiger partial charge on any atom is -0.324 e. The number of benzene rings is 1. The number of anilines is 2. The number of thioether (sulfide) groups is 2. The average molecular weight is 320 g/mol. The maximum Gasteiger partial charge on any atom is 0.232 e. The van der Waals surface area contributed by atoms with Crippen LogP contribution in [0.15, 0.2) is 40.6 Å². The predicted octanol–water partition coefficient (Wildman–Crippen LogP) is 4.62. The topological polar surface area (TPSA) is 50.7 Å². The van der Waals surface area contributed by atoms with Gasteiger partial charge in [-0.15, -0.1) is 0 Å². The summed E-state index contributed by atoms with van der Waals surface area (Å²) in [6.45, 7) is 2.21. The Morgan fingerprint density at radius 2 is 1.76 bits per heavy atom. The van der Waals surface area contributed by atoms with Crippen molar-refractivity contribution in [1.29, 1.82) is 0 Å². The van der Waals surface area contributed by atoms with E-state index in [1.54, 1.807) is 11.8 Å². The van der Waals surface area contributed by atoms with Crippen molar-refractivity contribution in [3.8, 4) is 0 Å². The van der Waals surface area contributed by atoms with Gasteiger partial charge >= 0.3 is 0 Å². The monoisotopic (exact) mass is 320 g/mol. The number of para-hydroxylation sites is 1. The molecule has 1 aromatic carbocycles. The molecule has 0 aliphatic carbocycles. The quantitative estimate of drug-likeness (QED) is 0.566. The second-order valence-corrected chi connectivity index (χ2v) is 6.31. The summed E-state index contributed by atoms with van der Waals surface area (Å²) >= 11 is 3.23.